The van der Waals surface area contributed by atoms with Gasteiger partial charge in [-0.05, 0) is 61.5 Å². The van der Waals surface area contributed by atoms with Crippen molar-refractivity contribution in [2.24, 2.45) is 10.2 Å². The second-order valence-electron chi connectivity index (χ2n) is 8.69. The average Bonchev–Trinajstić information content (AvgIpc) is 3.66. The molecule has 1 aliphatic heterocycles. The molecule has 39 heavy (non-hydrogen) atoms. The van der Waals surface area contributed by atoms with Crippen molar-refractivity contribution in [3.8, 4) is 11.3 Å². The molecule has 1 fully saturated rings. The number of nitrogens with zero attached hydrogens (tertiary/aromatic N) is 3. The van der Waals surface area contributed by atoms with Gasteiger partial charge in [-0.15, -0.1) is 5.10 Å². The predicted octanol–water partition coefficient (Wildman–Crippen LogP) is 7.02. The minimum Gasteiger partial charge on any atom is -0.467 e. The van der Waals surface area contributed by atoms with Crippen molar-refractivity contribution >= 4 is 63.8 Å². The van der Waals surface area contributed by atoms with Crippen LogP contribution in [0.4, 0.5) is 5.69 Å². The number of hydrogen-bond donors (Lipinski definition) is 1. The maximum Gasteiger partial charge on any atom is 0.243 e. The third kappa shape index (κ3) is 6.62. The summed E-state index contributed by atoms with van der Waals surface area (Å²) in [7, 11) is 0. The van der Waals surface area contributed by atoms with Gasteiger partial charge in [0.1, 0.15) is 22.5 Å². The van der Waals surface area contributed by atoms with E-state index in [1.807, 2.05) is 31.2 Å². The molecule has 1 N–H and O–H groups in total. The third-order valence-corrected chi connectivity index (χ3v) is 7.68. The van der Waals surface area contributed by atoms with Gasteiger partial charge in [0.15, 0.2) is 5.17 Å². The molecule has 8 nitrogen and oxygen atoms in total. The Morgan fingerprint density at radius 2 is 1.92 bits per heavy atom. The largest absolute Gasteiger partial charge is 0.467 e. The molecule has 1 atom stereocenters. The predicted molar refractivity (Wildman–Crippen MR) is 154 cm³/mol. The maximum atomic E-state index is 13.2. The number of thioether (sulfide) groups is 1. The van der Waals surface area contributed by atoms with E-state index in [1.165, 1.54) is 29.1 Å². The first-order valence-electron chi connectivity index (χ1n) is 11.9. The number of rotatable bonds is 8. The number of furan rings is 2. The van der Waals surface area contributed by atoms with Gasteiger partial charge in [-0.1, -0.05) is 52.7 Å². The Kier molecular flexibility index (Phi) is 8.21. The lowest BCUT2D eigenvalue weighted by atomic mass is 10.2. The molecule has 0 bridgehead atoms. The molecule has 1 aliphatic rings. The summed E-state index contributed by atoms with van der Waals surface area (Å²) in [5, 5.41) is 11.8. The van der Waals surface area contributed by atoms with Crippen LogP contribution in [0.2, 0.25) is 10.0 Å². The van der Waals surface area contributed by atoms with Gasteiger partial charge in [0.2, 0.25) is 11.8 Å². The molecule has 3 heterocycles. The second-order valence-corrected chi connectivity index (χ2v) is 10.7. The molecule has 0 aliphatic carbocycles. The first-order valence-corrected chi connectivity index (χ1v) is 13.5. The van der Waals surface area contributed by atoms with E-state index in [0.29, 0.717) is 38.2 Å². The van der Waals surface area contributed by atoms with Gasteiger partial charge < -0.3 is 14.2 Å². The minimum atomic E-state index is -0.649. The van der Waals surface area contributed by atoms with Crippen molar-refractivity contribution in [1.29, 1.82) is 0 Å². The molecule has 5 rings (SSSR count). The van der Waals surface area contributed by atoms with E-state index in [0.717, 1.165) is 11.1 Å². The number of hydrogen-bond acceptors (Lipinski definition) is 7. The van der Waals surface area contributed by atoms with E-state index in [2.05, 4.69) is 15.5 Å². The highest BCUT2D eigenvalue weighted by Gasteiger charge is 2.39. The lowest BCUT2D eigenvalue weighted by molar-refractivity contribution is -0.128. The molecule has 2 aromatic carbocycles. The summed E-state index contributed by atoms with van der Waals surface area (Å²) in [5.41, 5.74) is 2.53. The number of benzene rings is 2. The number of amidine groups is 1. The van der Waals surface area contributed by atoms with E-state index >= 15 is 0 Å². The molecule has 2 aromatic heterocycles. The fourth-order valence-corrected chi connectivity index (χ4v) is 5.19. The molecule has 4 aromatic rings. The Hall–Kier alpha value is -3.79. The van der Waals surface area contributed by atoms with Crippen LogP contribution in [-0.2, 0) is 16.1 Å². The summed E-state index contributed by atoms with van der Waals surface area (Å²) < 4.78 is 11.2. The van der Waals surface area contributed by atoms with Crippen LogP contribution in [-0.4, -0.2) is 33.3 Å². The monoisotopic (exact) mass is 580 g/mol. The van der Waals surface area contributed by atoms with Gasteiger partial charge in [0, 0.05) is 17.7 Å². The average molecular weight is 581 g/mol. The van der Waals surface area contributed by atoms with E-state index < -0.39 is 5.25 Å². The molecule has 198 valence electrons. The van der Waals surface area contributed by atoms with Crippen molar-refractivity contribution in [2.45, 2.75) is 25.1 Å². The Balaban J connectivity index is 1.30. The van der Waals surface area contributed by atoms with Crippen LogP contribution in [0, 0.1) is 6.92 Å². The molecular formula is C28H22Cl2N4O4S. The van der Waals surface area contributed by atoms with Gasteiger partial charge >= 0.3 is 0 Å². The number of anilines is 1. The third-order valence-electron chi connectivity index (χ3n) is 5.78. The molecule has 0 spiro atoms. The lowest BCUT2D eigenvalue weighted by Crippen LogP contribution is -2.33. The zero-order valence-corrected chi connectivity index (χ0v) is 23.0. The van der Waals surface area contributed by atoms with Crippen LogP contribution in [0.5, 0.6) is 0 Å². The highest BCUT2D eigenvalue weighted by molar-refractivity contribution is 8.15. The lowest BCUT2D eigenvalue weighted by Gasteiger charge is -2.14. The number of amides is 2. The van der Waals surface area contributed by atoms with E-state index in [1.54, 1.807) is 42.5 Å². The number of carbonyl (C=O) groups is 2. The van der Waals surface area contributed by atoms with Crippen LogP contribution in [0.15, 0.2) is 92.0 Å². The van der Waals surface area contributed by atoms with Gasteiger partial charge in [-0.2, -0.15) is 5.10 Å². The van der Waals surface area contributed by atoms with Crippen molar-refractivity contribution in [2.75, 3.05) is 5.32 Å². The Labute approximate surface area is 238 Å². The summed E-state index contributed by atoms with van der Waals surface area (Å²) in [6.07, 6.45) is 2.97. The van der Waals surface area contributed by atoms with Gasteiger partial charge in [-0.25, -0.2) is 0 Å². The van der Waals surface area contributed by atoms with Crippen molar-refractivity contribution in [3.63, 3.8) is 0 Å². The highest BCUT2D eigenvalue weighted by atomic mass is 35.5. The van der Waals surface area contributed by atoms with Crippen LogP contribution in [0.25, 0.3) is 11.3 Å². The van der Waals surface area contributed by atoms with Crippen molar-refractivity contribution < 1.29 is 18.4 Å². The zero-order valence-electron chi connectivity index (χ0n) is 20.6. The van der Waals surface area contributed by atoms with Crippen LogP contribution in [0.1, 0.15) is 23.5 Å². The molecular weight excluding hydrogens is 559 g/mol. The van der Waals surface area contributed by atoms with Gasteiger partial charge in [0.05, 0.1) is 29.1 Å². The first-order chi connectivity index (χ1) is 18.9. The van der Waals surface area contributed by atoms with E-state index in [4.69, 9.17) is 32.0 Å². The minimum absolute atomic E-state index is 0.0139. The maximum absolute atomic E-state index is 13.2. The summed E-state index contributed by atoms with van der Waals surface area (Å²) >= 11 is 13.3. The standard InChI is InChI=1S/C28H22Cl2N4O4S/c1-17-4-7-19(8-5-17)32-26(35)14-25-27(36)34(16-21-3-2-12-37-21)28(39-25)33-31-15-20-9-11-24(38-20)18-6-10-22(29)23(30)13-18/h2-13,15,25H,14,16H2,1H3,(H,32,35)/b31-15+,33-28-. The topological polar surface area (TPSA) is 100 Å². The summed E-state index contributed by atoms with van der Waals surface area (Å²) in [6.45, 7) is 2.14. The fraction of sp³-hybridized carbons (Fsp3) is 0.143. The Morgan fingerprint density at radius 1 is 1.10 bits per heavy atom. The normalized spacial score (nSPS) is 16.5. The Bertz CT molecular complexity index is 1550. The summed E-state index contributed by atoms with van der Waals surface area (Å²) in [6, 6.07) is 19.7. The SMILES string of the molecule is Cc1ccc(NC(=O)CC2S/C(=N\N=C\c3ccc(-c4ccc(Cl)c(Cl)c4)o3)N(Cc3ccco3)C2=O)cc1. The van der Waals surface area contributed by atoms with Gasteiger partial charge in [-0.3, -0.25) is 14.5 Å². The molecule has 2 amide bonds. The van der Waals surface area contributed by atoms with Crippen molar-refractivity contribution in [3.05, 3.63) is 100 Å². The molecule has 0 radical (unpaired) electrons. The number of carbonyl (C=O) groups excluding carboxylic acids is 2. The number of halogens is 2. The van der Waals surface area contributed by atoms with Crippen molar-refractivity contribution in [1.82, 2.24) is 4.90 Å². The summed E-state index contributed by atoms with van der Waals surface area (Å²) in [4.78, 5) is 27.4. The van der Waals surface area contributed by atoms with E-state index in [9.17, 15) is 9.59 Å². The second kappa shape index (κ2) is 11.9. The van der Waals surface area contributed by atoms with Crippen LogP contribution in [0.3, 0.4) is 0 Å². The smallest absolute Gasteiger partial charge is 0.243 e. The molecule has 0 saturated carbocycles. The van der Waals surface area contributed by atoms with Crippen LogP contribution < -0.4 is 5.32 Å². The highest BCUT2D eigenvalue weighted by Crippen LogP contribution is 2.32. The zero-order chi connectivity index (χ0) is 27.4. The Morgan fingerprint density at radius 3 is 2.67 bits per heavy atom. The quantitative estimate of drug-likeness (QED) is 0.178. The van der Waals surface area contributed by atoms with Gasteiger partial charge in [0.25, 0.3) is 0 Å². The fourth-order valence-electron chi connectivity index (χ4n) is 3.80. The molecule has 1 unspecified atom stereocenters. The summed E-state index contributed by atoms with van der Waals surface area (Å²) in [5.74, 6) is 1.12. The van der Waals surface area contributed by atoms with E-state index in [-0.39, 0.29) is 24.8 Å². The number of aryl methyl sites for hydroxylation is 1. The number of nitrogens with one attached hydrogen (secondary N) is 1. The van der Waals surface area contributed by atoms with Crippen LogP contribution >= 0.6 is 35.0 Å². The molecule has 11 heteroatoms. The first kappa shape index (κ1) is 26.8. The molecule has 1 saturated heterocycles.